The zero-order valence-corrected chi connectivity index (χ0v) is 11.2. The molecule has 1 fully saturated rings. The van der Waals surface area contributed by atoms with Crippen molar-refractivity contribution in [2.45, 2.75) is 50.9 Å². The van der Waals surface area contributed by atoms with Gasteiger partial charge in [-0.25, -0.2) is 4.98 Å². The van der Waals surface area contributed by atoms with Gasteiger partial charge in [0.1, 0.15) is 5.82 Å². The summed E-state index contributed by atoms with van der Waals surface area (Å²) in [5, 5.41) is 3.82. The van der Waals surface area contributed by atoms with Crippen molar-refractivity contribution >= 4 is 17.4 Å². The molecule has 1 aromatic rings. The summed E-state index contributed by atoms with van der Waals surface area (Å²) in [6.07, 6.45) is 4.62. The van der Waals surface area contributed by atoms with E-state index >= 15 is 0 Å². The van der Waals surface area contributed by atoms with Crippen LogP contribution in [0.3, 0.4) is 0 Å². The van der Waals surface area contributed by atoms with Crippen molar-refractivity contribution in [2.75, 3.05) is 5.32 Å². The largest absolute Gasteiger partial charge is 0.367 e. The zero-order valence-electron chi connectivity index (χ0n) is 10.5. The van der Waals surface area contributed by atoms with Crippen LogP contribution < -0.4 is 5.32 Å². The van der Waals surface area contributed by atoms with E-state index in [4.69, 9.17) is 16.6 Å². The Balaban J connectivity index is 1.74. The maximum Gasteiger partial charge on any atom is 0.126 e. The molecule has 1 N–H and O–H groups in total. The highest BCUT2D eigenvalue weighted by Crippen LogP contribution is 2.45. The lowest BCUT2D eigenvalue weighted by molar-refractivity contribution is 0.168. The molecule has 17 heavy (non-hydrogen) atoms. The van der Waals surface area contributed by atoms with Gasteiger partial charge < -0.3 is 5.32 Å². The molecule has 0 saturated heterocycles. The van der Waals surface area contributed by atoms with Crippen molar-refractivity contribution < 1.29 is 0 Å². The maximum absolute atomic E-state index is 6.24. The summed E-state index contributed by atoms with van der Waals surface area (Å²) in [5.74, 6) is 1.02. The standard InChI is InChI=1S/C14H19ClN2/c1-14(2)11(15)8-12(14)17-13-7-6-9-4-3-5-10(9)16-13/h6-7,11-12H,3-5,8H2,1-2H3,(H,16,17). The molecule has 0 aromatic carbocycles. The molecule has 1 heterocycles. The van der Waals surface area contributed by atoms with Gasteiger partial charge in [-0.05, 0) is 37.3 Å². The van der Waals surface area contributed by atoms with Crippen LogP contribution in [0.4, 0.5) is 5.82 Å². The average Bonchev–Trinajstić information content (AvgIpc) is 2.76. The first kappa shape index (κ1) is 11.3. The predicted octanol–water partition coefficient (Wildman–Crippen LogP) is 3.39. The highest BCUT2D eigenvalue weighted by molar-refractivity contribution is 6.21. The molecule has 0 amide bonds. The quantitative estimate of drug-likeness (QED) is 0.814. The van der Waals surface area contributed by atoms with Crippen molar-refractivity contribution in [1.82, 2.24) is 4.98 Å². The number of halogens is 1. The Hall–Kier alpha value is -0.760. The lowest BCUT2D eigenvalue weighted by Gasteiger charge is -2.49. The fraction of sp³-hybridized carbons (Fsp3) is 0.643. The third-order valence-corrected chi connectivity index (χ3v) is 5.14. The highest BCUT2D eigenvalue weighted by Gasteiger charge is 2.47. The summed E-state index contributed by atoms with van der Waals surface area (Å²) in [4.78, 5) is 4.71. The van der Waals surface area contributed by atoms with Gasteiger partial charge in [0.15, 0.2) is 0 Å². The normalized spacial score (nSPS) is 29.6. The Morgan fingerprint density at radius 1 is 1.35 bits per heavy atom. The van der Waals surface area contributed by atoms with Gasteiger partial charge in [-0.3, -0.25) is 0 Å². The van der Waals surface area contributed by atoms with E-state index in [0.717, 1.165) is 18.7 Å². The summed E-state index contributed by atoms with van der Waals surface area (Å²) in [5.41, 5.74) is 2.88. The van der Waals surface area contributed by atoms with Gasteiger partial charge in [-0.15, -0.1) is 11.6 Å². The smallest absolute Gasteiger partial charge is 0.126 e. The van der Waals surface area contributed by atoms with Crippen molar-refractivity contribution in [2.24, 2.45) is 5.41 Å². The molecule has 2 aliphatic carbocycles. The molecule has 0 aliphatic heterocycles. The summed E-state index contributed by atoms with van der Waals surface area (Å²) in [7, 11) is 0. The molecule has 0 radical (unpaired) electrons. The third kappa shape index (κ3) is 1.83. The van der Waals surface area contributed by atoms with Crippen LogP contribution in [-0.4, -0.2) is 16.4 Å². The van der Waals surface area contributed by atoms with Crippen LogP contribution in [0.2, 0.25) is 0 Å². The minimum absolute atomic E-state index is 0.169. The Labute approximate surface area is 108 Å². The topological polar surface area (TPSA) is 24.9 Å². The summed E-state index contributed by atoms with van der Waals surface area (Å²) >= 11 is 6.24. The number of rotatable bonds is 2. The van der Waals surface area contributed by atoms with Gasteiger partial charge in [0.05, 0.1) is 0 Å². The third-order valence-electron chi connectivity index (χ3n) is 4.40. The first-order valence-corrected chi connectivity index (χ1v) is 6.90. The van der Waals surface area contributed by atoms with Gasteiger partial charge in [-0.1, -0.05) is 19.9 Å². The van der Waals surface area contributed by atoms with Gasteiger partial charge in [0.25, 0.3) is 0 Å². The van der Waals surface area contributed by atoms with E-state index in [9.17, 15) is 0 Å². The van der Waals surface area contributed by atoms with Crippen LogP contribution in [0.5, 0.6) is 0 Å². The lowest BCUT2D eigenvalue weighted by atomic mass is 9.67. The number of nitrogens with zero attached hydrogens (tertiary/aromatic N) is 1. The van der Waals surface area contributed by atoms with Gasteiger partial charge in [0, 0.05) is 22.5 Å². The molecule has 3 rings (SSSR count). The number of pyridine rings is 1. The van der Waals surface area contributed by atoms with Gasteiger partial charge in [-0.2, -0.15) is 0 Å². The fourth-order valence-corrected chi connectivity index (χ4v) is 3.13. The van der Waals surface area contributed by atoms with Crippen LogP contribution >= 0.6 is 11.6 Å². The number of nitrogens with one attached hydrogen (secondary N) is 1. The van der Waals surface area contributed by atoms with Crippen LogP contribution in [-0.2, 0) is 12.8 Å². The van der Waals surface area contributed by atoms with E-state index in [2.05, 4.69) is 31.3 Å². The number of hydrogen-bond donors (Lipinski definition) is 1. The first-order chi connectivity index (χ1) is 8.07. The van der Waals surface area contributed by atoms with E-state index in [1.807, 2.05) is 0 Å². The molecule has 2 unspecified atom stereocenters. The summed E-state index contributed by atoms with van der Waals surface area (Å²) < 4.78 is 0. The van der Waals surface area contributed by atoms with Crippen molar-refractivity contribution in [3.63, 3.8) is 0 Å². The Bertz CT molecular complexity index is 442. The van der Waals surface area contributed by atoms with Crippen molar-refractivity contribution in [3.05, 3.63) is 23.4 Å². The van der Waals surface area contributed by atoms with Crippen LogP contribution in [0, 0.1) is 5.41 Å². The second-order valence-corrected chi connectivity index (χ2v) is 6.40. The molecule has 3 heteroatoms. The number of anilines is 1. The van der Waals surface area contributed by atoms with Crippen LogP contribution in [0.15, 0.2) is 12.1 Å². The Kier molecular flexibility index (Phi) is 2.58. The number of fused-ring (bicyclic) bond motifs is 1. The molecule has 0 spiro atoms. The lowest BCUT2D eigenvalue weighted by Crippen LogP contribution is -2.54. The van der Waals surface area contributed by atoms with Gasteiger partial charge >= 0.3 is 0 Å². The monoisotopic (exact) mass is 250 g/mol. The Morgan fingerprint density at radius 3 is 2.88 bits per heavy atom. The van der Waals surface area contributed by atoms with Crippen molar-refractivity contribution in [3.8, 4) is 0 Å². The Morgan fingerprint density at radius 2 is 2.18 bits per heavy atom. The average molecular weight is 251 g/mol. The molecule has 0 bridgehead atoms. The minimum atomic E-state index is 0.169. The molecular formula is C14H19ClN2. The fourth-order valence-electron chi connectivity index (χ4n) is 2.80. The number of aryl methyl sites for hydroxylation is 2. The van der Waals surface area contributed by atoms with E-state index in [0.29, 0.717) is 6.04 Å². The molecule has 2 atom stereocenters. The molecule has 92 valence electrons. The van der Waals surface area contributed by atoms with E-state index < -0.39 is 0 Å². The number of hydrogen-bond acceptors (Lipinski definition) is 2. The molecule has 1 aromatic heterocycles. The number of aromatic nitrogens is 1. The molecular weight excluding hydrogens is 232 g/mol. The second kappa shape index (κ2) is 3.88. The summed E-state index contributed by atoms with van der Waals surface area (Å²) in [6, 6.07) is 4.79. The SMILES string of the molecule is CC1(C)C(Cl)CC1Nc1ccc2c(n1)CCC2. The predicted molar refractivity (Wildman–Crippen MR) is 71.7 cm³/mol. The second-order valence-electron chi connectivity index (χ2n) is 5.88. The van der Waals surface area contributed by atoms with Crippen molar-refractivity contribution in [1.29, 1.82) is 0 Å². The minimum Gasteiger partial charge on any atom is -0.367 e. The van der Waals surface area contributed by atoms with E-state index in [1.165, 1.54) is 24.1 Å². The van der Waals surface area contributed by atoms with E-state index in [-0.39, 0.29) is 10.8 Å². The van der Waals surface area contributed by atoms with E-state index in [1.54, 1.807) is 0 Å². The van der Waals surface area contributed by atoms with Crippen LogP contribution in [0.25, 0.3) is 0 Å². The first-order valence-electron chi connectivity index (χ1n) is 6.47. The summed E-state index contributed by atoms with van der Waals surface area (Å²) in [6.45, 7) is 4.44. The van der Waals surface area contributed by atoms with Gasteiger partial charge in [0.2, 0.25) is 0 Å². The molecule has 2 nitrogen and oxygen atoms in total. The number of alkyl halides is 1. The molecule has 2 aliphatic rings. The molecule has 1 saturated carbocycles. The highest BCUT2D eigenvalue weighted by atomic mass is 35.5. The maximum atomic E-state index is 6.24. The van der Waals surface area contributed by atoms with Crippen LogP contribution in [0.1, 0.15) is 37.9 Å². The zero-order chi connectivity index (χ0) is 12.0.